The van der Waals surface area contributed by atoms with Crippen LogP contribution < -0.4 is 15.8 Å². The Kier molecular flexibility index (Phi) is 5.83. The molecule has 0 unspecified atom stereocenters. The zero-order valence-electron chi connectivity index (χ0n) is 11.7. The number of carbonyl (C=O) groups is 2. The molecule has 0 saturated carbocycles. The molecular formula is C14H20N2O4. The van der Waals surface area contributed by atoms with E-state index in [0.29, 0.717) is 5.69 Å². The summed E-state index contributed by atoms with van der Waals surface area (Å²) in [6.07, 6.45) is 1.67. The number of rotatable bonds is 7. The molecule has 0 heterocycles. The number of hydrogen-bond donors (Lipinski definition) is 3. The van der Waals surface area contributed by atoms with Crippen LogP contribution in [0.2, 0.25) is 0 Å². The van der Waals surface area contributed by atoms with Crippen LogP contribution in [0.1, 0.15) is 37.0 Å². The van der Waals surface area contributed by atoms with Crippen LogP contribution in [0.3, 0.4) is 0 Å². The van der Waals surface area contributed by atoms with Crippen LogP contribution >= 0.6 is 0 Å². The van der Waals surface area contributed by atoms with Gasteiger partial charge in [-0.3, -0.25) is 4.79 Å². The van der Waals surface area contributed by atoms with Gasteiger partial charge in [-0.2, -0.15) is 0 Å². The maximum Gasteiger partial charge on any atom is 0.339 e. The van der Waals surface area contributed by atoms with Crippen LogP contribution in [0.15, 0.2) is 18.2 Å². The predicted octanol–water partition coefficient (Wildman–Crippen LogP) is 1.65. The van der Waals surface area contributed by atoms with Crippen molar-refractivity contribution < 1.29 is 19.4 Å². The van der Waals surface area contributed by atoms with Crippen molar-refractivity contribution in [3.63, 3.8) is 0 Å². The van der Waals surface area contributed by atoms with E-state index in [1.807, 2.05) is 13.8 Å². The van der Waals surface area contributed by atoms with Crippen molar-refractivity contribution in [2.45, 2.75) is 32.7 Å². The second-order valence-corrected chi connectivity index (χ2v) is 4.43. The van der Waals surface area contributed by atoms with E-state index in [0.717, 1.165) is 12.8 Å². The van der Waals surface area contributed by atoms with Crippen LogP contribution in [-0.4, -0.2) is 29.6 Å². The summed E-state index contributed by atoms with van der Waals surface area (Å²) in [6.45, 7) is 3.73. The zero-order valence-corrected chi connectivity index (χ0v) is 11.7. The molecule has 0 atom stereocenters. The first-order valence-electron chi connectivity index (χ1n) is 6.52. The van der Waals surface area contributed by atoms with Crippen molar-refractivity contribution >= 4 is 17.6 Å². The third-order valence-electron chi connectivity index (χ3n) is 2.95. The van der Waals surface area contributed by atoms with E-state index in [9.17, 15) is 9.59 Å². The van der Waals surface area contributed by atoms with Crippen molar-refractivity contribution in [3.05, 3.63) is 23.8 Å². The summed E-state index contributed by atoms with van der Waals surface area (Å²) in [5.41, 5.74) is 5.95. The summed E-state index contributed by atoms with van der Waals surface area (Å²) in [7, 11) is 0. The van der Waals surface area contributed by atoms with E-state index in [-0.39, 0.29) is 29.9 Å². The minimum Gasteiger partial charge on any atom is -0.483 e. The van der Waals surface area contributed by atoms with Crippen molar-refractivity contribution in [3.8, 4) is 5.75 Å². The summed E-state index contributed by atoms with van der Waals surface area (Å²) in [6, 6.07) is 4.33. The Bertz CT molecular complexity index is 484. The maximum absolute atomic E-state index is 11.7. The molecule has 6 heteroatoms. The van der Waals surface area contributed by atoms with Gasteiger partial charge >= 0.3 is 5.97 Å². The number of carbonyl (C=O) groups excluding carboxylic acids is 1. The molecule has 0 aliphatic rings. The number of nitrogens with one attached hydrogen (secondary N) is 1. The van der Waals surface area contributed by atoms with Gasteiger partial charge in [0.2, 0.25) is 0 Å². The molecular weight excluding hydrogens is 260 g/mol. The smallest absolute Gasteiger partial charge is 0.339 e. The third-order valence-corrected chi connectivity index (χ3v) is 2.95. The predicted molar refractivity (Wildman–Crippen MR) is 75.8 cm³/mol. The van der Waals surface area contributed by atoms with Gasteiger partial charge in [0.25, 0.3) is 5.91 Å². The van der Waals surface area contributed by atoms with Gasteiger partial charge in [-0.05, 0) is 25.0 Å². The molecule has 0 fully saturated rings. The molecule has 0 aliphatic carbocycles. The van der Waals surface area contributed by atoms with E-state index in [2.05, 4.69) is 5.32 Å². The summed E-state index contributed by atoms with van der Waals surface area (Å²) >= 11 is 0. The molecule has 0 aliphatic heterocycles. The minimum absolute atomic E-state index is 0.0190. The normalized spacial score (nSPS) is 10.3. The second-order valence-electron chi connectivity index (χ2n) is 4.43. The lowest BCUT2D eigenvalue weighted by Crippen LogP contribution is -2.37. The fraction of sp³-hybridized carbons (Fsp3) is 0.429. The minimum atomic E-state index is -1.12. The van der Waals surface area contributed by atoms with Crippen LogP contribution in [0.5, 0.6) is 5.75 Å². The molecule has 0 radical (unpaired) electrons. The number of aromatic carboxylic acids is 1. The van der Waals surface area contributed by atoms with Crippen LogP contribution in [0.25, 0.3) is 0 Å². The topological polar surface area (TPSA) is 102 Å². The summed E-state index contributed by atoms with van der Waals surface area (Å²) in [5.74, 6) is -1.31. The number of nitrogen functional groups attached to an aromatic ring is 1. The van der Waals surface area contributed by atoms with Crippen molar-refractivity contribution in [1.82, 2.24) is 5.32 Å². The highest BCUT2D eigenvalue weighted by Crippen LogP contribution is 2.21. The lowest BCUT2D eigenvalue weighted by atomic mass is 10.2. The quantitative estimate of drug-likeness (QED) is 0.659. The van der Waals surface area contributed by atoms with Gasteiger partial charge in [0.15, 0.2) is 6.61 Å². The first-order valence-corrected chi connectivity index (χ1v) is 6.52. The molecule has 0 aromatic heterocycles. The Morgan fingerprint density at radius 3 is 2.55 bits per heavy atom. The average molecular weight is 280 g/mol. The molecule has 6 nitrogen and oxygen atoms in total. The summed E-state index contributed by atoms with van der Waals surface area (Å²) in [5, 5.41) is 11.8. The Hall–Kier alpha value is -2.24. The number of carboxylic acid groups (broad SMARTS) is 1. The molecule has 1 amide bonds. The SMILES string of the molecule is CCC(CC)NC(=O)COc1cc(N)ccc1C(=O)O. The maximum atomic E-state index is 11.7. The van der Waals surface area contributed by atoms with E-state index in [1.54, 1.807) is 0 Å². The lowest BCUT2D eigenvalue weighted by molar-refractivity contribution is -0.123. The summed E-state index contributed by atoms with van der Waals surface area (Å²) < 4.78 is 5.26. The number of amides is 1. The molecule has 1 aromatic carbocycles. The first-order chi connectivity index (χ1) is 9.47. The van der Waals surface area contributed by atoms with Gasteiger partial charge in [-0.1, -0.05) is 13.8 Å². The highest BCUT2D eigenvalue weighted by atomic mass is 16.5. The molecule has 1 rings (SSSR count). The van der Waals surface area contributed by atoms with Gasteiger partial charge in [0, 0.05) is 17.8 Å². The molecule has 0 saturated heterocycles. The van der Waals surface area contributed by atoms with Gasteiger partial charge in [-0.25, -0.2) is 4.79 Å². The standard InChI is InChI=1S/C14H20N2O4/c1-3-10(4-2)16-13(17)8-20-12-7-9(15)5-6-11(12)14(18)19/h5-7,10H,3-4,8,15H2,1-2H3,(H,16,17)(H,18,19). The van der Waals surface area contributed by atoms with Crippen LogP contribution in [0, 0.1) is 0 Å². The van der Waals surface area contributed by atoms with Crippen LogP contribution in [0.4, 0.5) is 5.69 Å². The average Bonchev–Trinajstić information content (AvgIpc) is 2.42. The molecule has 0 spiro atoms. The monoisotopic (exact) mass is 280 g/mol. The van der Waals surface area contributed by atoms with Crippen molar-refractivity contribution in [2.24, 2.45) is 0 Å². The highest BCUT2D eigenvalue weighted by Gasteiger charge is 2.14. The molecule has 110 valence electrons. The Balaban J connectivity index is 2.67. The van der Waals surface area contributed by atoms with Crippen molar-refractivity contribution in [1.29, 1.82) is 0 Å². The van der Waals surface area contributed by atoms with E-state index in [4.69, 9.17) is 15.6 Å². The molecule has 20 heavy (non-hydrogen) atoms. The first kappa shape index (κ1) is 15.8. The number of carboxylic acids is 1. The number of nitrogens with two attached hydrogens (primary N) is 1. The van der Waals surface area contributed by atoms with Crippen LogP contribution in [-0.2, 0) is 4.79 Å². The largest absolute Gasteiger partial charge is 0.483 e. The molecule has 0 bridgehead atoms. The zero-order chi connectivity index (χ0) is 15.1. The van der Waals surface area contributed by atoms with Gasteiger partial charge in [-0.15, -0.1) is 0 Å². The highest BCUT2D eigenvalue weighted by molar-refractivity contribution is 5.91. The third kappa shape index (κ3) is 4.46. The Labute approximate surface area is 117 Å². The van der Waals surface area contributed by atoms with E-state index in [1.165, 1.54) is 18.2 Å². The fourth-order valence-electron chi connectivity index (χ4n) is 1.74. The second kappa shape index (κ2) is 7.37. The number of ether oxygens (including phenoxy) is 1. The van der Waals surface area contributed by atoms with E-state index < -0.39 is 5.97 Å². The van der Waals surface area contributed by atoms with Gasteiger partial charge in [0.1, 0.15) is 11.3 Å². The molecule has 1 aromatic rings. The summed E-state index contributed by atoms with van der Waals surface area (Å²) in [4.78, 5) is 22.7. The number of benzene rings is 1. The Morgan fingerprint density at radius 2 is 2.00 bits per heavy atom. The molecule has 4 N–H and O–H groups in total. The van der Waals surface area contributed by atoms with Gasteiger partial charge < -0.3 is 20.9 Å². The van der Waals surface area contributed by atoms with Crippen molar-refractivity contribution in [2.75, 3.05) is 12.3 Å². The Morgan fingerprint density at radius 1 is 1.35 bits per heavy atom. The number of hydrogen-bond acceptors (Lipinski definition) is 4. The fourth-order valence-corrected chi connectivity index (χ4v) is 1.74. The van der Waals surface area contributed by atoms with E-state index >= 15 is 0 Å². The van der Waals surface area contributed by atoms with Gasteiger partial charge in [0.05, 0.1) is 0 Å². The number of anilines is 1. The lowest BCUT2D eigenvalue weighted by Gasteiger charge is -2.15.